The number of hydrogen-bond donors (Lipinski definition) is 1. The van der Waals surface area contributed by atoms with E-state index in [1.807, 2.05) is 37.4 Å². The molecule has 0 aliphatic carbocycles. The molecule has 0 saturated carbocycles. The fraction of sp³-hybridized carbons (Fsp3) is 0.294. The second-order valence-electron chi connectivity index (χ2n) is 5.09. The van der Waals surface area contributed by atoms with Crippen molar-refractivity contribution >= 4 is 21.6 Å². The van der Waals surface area contributed by atoms with Gasteiger partial charge in [-0.3, -0.25) is 0 Å². The van der Waals surface area contributed by atoms with Crippen LogP contribution in [0.25, 0.3) is 0 Å². The quantitative estimate of drug-likeness (QED) is 0.880. The van der Waals surface area contributed by atoms with Crippen LogP contribution in [-0.2, 0) is 6.54 Å². The van der Waals surface area contributed by atoms with Crippen molar-refractivity contribution in [2.24, 2.45) is 0 Å². The third-order valence-corrected chi connectivity index (χ3v) is 4.14. The van der Waals surface area contributed by atoms with Crippen LogP contribution in [0.3, 0.4) is 0 Å². The van der Waals surface area contributed by atoms with E-state index in [2.05, 4.69) is 33.0 Å². The molecule has 1 atom stereocenters. The third-order valence-electron chi connectivity index (χ3n) is 3.45. The Labute approximate surface area is 134 Å². The molecule has 0 unspecified atom stereocenters. The van der Waals surface area contributed by atoms with Gasteiger partial charge in [0.1, 0.15) is 5.75 Å². The summed E-state index contributed by atoms with van der Waals surface area (Å²) in [5, 5.41) is 9.66. The van der Waals surface area contributed by atoms with Crippen LogP contribution in [0.4, 0.5) is 5.69 Å². The lowest BCUT2D eigenvalue weighted by Crippen LogP contribution is -2.16. The van der Waals surface area contributed by atoms with E-state index in [1.165, 1.54) is 5.56 Å². The zero-order chi connectivity index (χ0) is 15.4. The molecule has 0 spiro atoms. The molecule has 0 amide bonds. The number of halogens is 1. The second kappa shape index (κ2) is 6.96. The molecule has 0 aliphatic rings. The van der Waals surface area contributed by atoms with Gasteiger partial charge in [0.2, 0.25) is 0 Å². The number of aliphatic hydroxyl groups is 1. The van der Waals surface area contributed by atoms with E-state index in [1.54, 1.807) is 14.0 Å². The van der Waals surface area contributed by atoms with Crippen molar-refractivity contribution in [3.8, 4) is 5.75 Å². The van der Waals surface area contributed by atoms with E-state index in [0.29, 0.717) is 0 Å². The molecule has 1 N–H and O–H groups in total. The van der Waals surface area contributed by atoms with Crippen molar-refractivity contribution in [1.82, 2.24) is 0 Å². The molecule has 4 heteroatoms. The van der Waals surface area contributed by atoms with Crippen LogP contribution in [0.5, 0.6) is 5.75 Å². The SMILES string of the molecule is COc1ccc(CN(C)c2ccc([C@H](C)O)c(Br)c2)cc1. The molecule has 0 saturated heterocycles. The maximum Gasteiger partial charge on any atom is 0.118 e. The molecule has 2 aromatic carbocycles. The molecule has 0 heterocycles. The summed E-state index contributed by atoms with van der Waals surface area (Å²) in [4.78, 5) is 2.17. The molecule has 21 heavy (non-hydrogen) atoms. The number of rotatable bonds is 5. The normalized spacial score (nSPS) is 12.0. The summed E-state index contributed by atoms with van der Waals surface area (Å²) in [6.45, 7) is 2.57. The Morgan fingerprint density at radius 3 is 2.38 bits per heavy atom. The molecule has 0 bridgehead atoms. The van der Waals surface area contributed by atoms with Crippen LogP contribution in [0.1, 0.15) is 24.2 Å². The van der Waals surface area contributed by atoms with Gasteiger partial charge >= 0.3 is 0 Å². The zero-order valence-corrected chi connectivity index (χ0v) is 14.1. The topological polar surface area (TPSA) is 32.7 Å². The van der Waals surface area contributed by atoms with Gasteiger partial charge in [-0.15, -0.1) is 0 Å². The average molecular weight is 350 g/mol. The highest BCUT2D eigenvalue weighted by molar-refractivity contribution is 9.10. The fourth-order valence-electron chi connectivity index (χ4n) is 2.19. The summed E-state index contributed by atoms with van der Waals surface area (Å²) < 4.78 is 6.09. The Morgan fingerprint density at radius 1 is 1.19 bits per heavy atom. The standard InChI is InChI=1S/C17H20BrNO2/c1-12(20)16-9-6-14(10-17(16)18)19(2)11-13-4-7-15(21-3)8-5-13/h4-10,12,20H,11H2,1-3H3/t12-/m0/s1. The smallest absolute Gasteiger partial charge is 0.118 e. The number of hydrogen-bond acceptors (Lipinski definition) is 3. The molecule has 0 aromatic heterocycles. The minimum Gasteiger partial charge on any atom is -0.497 e. The monoisotopic (exact) mass is 349 g/mol. The highest BCUT2D eigenvalue weighted by Gasteiger charge is 2.09. The Kier molecular flexibility index (Phi) is 5.26. The van der Waals surface area contributed by atoms with E-state index in [0.717, 1.165) is 28.0 Å². The average Bonchev–Trinajstić information content (AvgIpc) is 2.47. The van der Waals surface area contributed by atoms with Gasteiger partial charge in [-0.1, -0.05) is 34.1 Å². The van der Waals surface area contributed by atoms with Crippen LogP contribution < -0.4 is 9.64 Å². The summed E-state index contributed by atoms with van der Waals surface area (Å²) in [7, 11) is 3.72. The molecule has 2 aromatic rings. The van der Waals surface area contributed by atoms with Crippen LogP contribution in [-0.4, -0.2) is 19.3 Å². The van der Waals surface area contributed by atoms with Crippen molar-refractivity contribution in [1.29, 1.82) is 0 Å². The van der Waals surface area contributed by atoms with Crippen LogP contribution in [0.2, 0.25) is 0 Å². The molecule has 0 fully saturated rings. The van der Waals surface area contributed by atoms with E-state index in [4.69, 9.17) is 4.74 Å². The second-order valence-corrected chi connectivity index (χ2v) is 5.94. The van der Waals surface area contributed by atoms with Crippen molar-refractivity contribution in [3.63, 3.8) is 0 Å². The summed E-state index contributed by atoms with van der Waals surface area (Å²) in [6, 6.07) is 14.1. The van der Waals surface area contributed by atoms with Gasteiger partial charge in [0.15, 0.2) is 0 Å². The molecule has 112 valence electrons. The van der Waals surface area contributed by atoms with Crippen molar-refractivity contribution in [2.45, 2.75) is 19.6 Å². The van der Waals surface area contributed by atoms with Gasteiger partial charge in [-0.2, -0.15) is 0 Å². The lowest BCUT2D eigenvalue weighted by Gasteiger charge is -2.21. The maximum absolute atomic E-state index is 9.66. The fourth-order valence-corrected chi connectivity index (χ4v) is 2.89. The van der Waals surface area contributed by atoms with E-state index in [-0.39, 0.29) is 0 Å². The number of benzene rings is 2. The van der Waals surface area contributed by atoms with Gasteiger partial charge in [0.25, 0.3) is 0 Å². The number of methoxy groups -OCH3 is 1. The summed E-state index contributed by atoms with van der Waals surface area (Å²) in [6.07, 6.45) is -0.472. The number of anilines is 1. The summed E-state index contributed by atoms with van der Waals surface area (Å²) >= 11 is 3.52. The highest BCUT2D eigenvalue weighted by Crippen LogP contribution is 2.28. The predicted octanol–water partition coefficient (Wildman–Crippen LogP) is 4.15. The molecule has 0 aliphatic heterocycles. The first-order chi connectivity index (χ1) is 10.0. The zero-order valence-electron chi connectivity index (χ0n) is 12.5. The van der Waals surface area contributed by atoms with Crippen molar-refractivity contribution < 1.29 is 9.84 Å². The van der Waals surface area contributed by atoms with Gasteiger partial charge < -0.3 is 14.7 Å². The molecular weight excluding hydrogens is 330 g/mol. The third kappa shape index (κ3) is 3.99. The Bertz CT molecular complexity index is 596. The molecule has 3 nitrogen and oxygen atoms in total. The number of aliphatic hydroxyl groups excluding tert-OH is 1. The molecule has 0 radical (unpaired) electrons. The largest absolute Gasteiger partial charge is 0.497 e. The van der Waals surface area contributed by atoms with Crippen LogP contribution in [0, 0.1) is 0 Å². The Morgan fingerprint density at radius 2 is 1.86 bits per heavy atom. The minimum absolute atomic E-state index is 0.472. The Hall–Kier alpha value is -1.52. The Balaban J connectivity index is 2.12. The van der Waals surface area contributed by atoms with Gasteiger partial charge in [0.05, 0.1) is 13.2 Å². The summed E-state index contributed by atoms with van der Waals surface area (Å²) in [5.41, 5.74) is 3.22. The van der Waals surface area contributed by atoms with Gasteiger partial charge in [0, 0.05) is 23.8 Å². The van der Waals surface area contributed by atoms with E-state index in [9.17, 15) is 5.11 Å². The van der Waals surface area contributed by atoms with E-state index < -0.39 is 6.10 Å². The van der Waals surface area contributed by atoms with Crippen LogP contribution >= 0.6 is 15.9 Å². The predicted molar refractivity (Wildman–Crippen MR) is 89.9 cm³/mol. The first kappa shape index (κ1) is 15.9. The number of nitrogens with zero attached hydrogens (tertiary/aromatic N) is 1. The first-order valence-electron chi connectivity index (χ1n) is 6.83. The van der Waals surface area contributed by atoms with Gasteiger partial charge in [-0.05, 0) is 42.3 Å². The van der Waals surface area contributed by atoms with Gasteiger partial charge in [-0.25, -0.2) is 0 Å². The number of ether oxygens (including phenoxy) is 1. The summed E-state index contributed by atoms with van der Waals surface area (Å²) in [5.74, 6) is 0.866. The van der Waals surface area contributed by atoms with E-state index >= 15 is 0 Å². The lowest BCUT2D eigenvalue weighted by atomic mass is 10.1. The lowest BCUT2D eigenvalue weighted by molar-refractivity contribution is 0.198. The maximum atomic E-state index is 9.66. The minimum atomic E-state index is -0.472. The molecule has 2 rings (SSSR count). The molecular formula is C17H20BrNO2. The van der Waals surface area contributed by atoms with Crippen LogP contribution in [0.15, 0.2) is 46.9 Å². The first-order valence-corrected chi connectivity index (χ1v) is 7.62. The van der Waals surface area contributed by atoms with Crippen molar-refractivity contribution in [2.75, 3.05) is 19.1 Å². The van der Waals surface area contributed by atoms with Crippen molar-refractivity contribution in [3.05, 3.63) is 58.1 Å². The highest BCUT2D eigenvalue weighted by atomic mass is 79.9.